The van der Waals surface area contributed by atoms with Crippen LogP contribution < -0.4 is 10.7 Å². The lowest BCUT2D eigenvalue weighted by molar-refractivity contribution is -0.268. The van der Waals surface area contributed by atoms with Gasteiger partial charge in [-0.2, -0.15) is 0 Å². The molecule has 0 spiro atoms. The van der Waals surface area contributed by atoms with Gasteiger partial charge >= 0.3 is 0 Å². The highest BCUT2D eigenvalue weighted by Gasteiger charge is 1.95. The van der Waals surface area contributed by atoms with Crippen molar-refractivity contribution in [2.75, 3.05) is 0 Å². The molecule has 0 atom stereocenters. The number of hydrogen-bond acceptors (Lipinski definition) is 2. The van der Waals surface area contributed by atoms with E-state index < -0.39 is 11.3 Å². The van der Waals surface area contributed by atoms with E-state index in [1.807, 2.05) is 0 Å². The van der Waals surface area contributed by atoms with Crippen LogP contribution in [0.15, 0.2) is 10.9 Å². The summed E-state index contributed by atoms with van der Waals surface area (Å²) >= 11 is 10.5. The smallest absolute Gasteiger partial charge is 0.267 e. The van der Waals surface area contributed by atoms with E-state index in [9.17, 15) is 9.90 Å². The molecule has 0 saturated carbocycles. The zero-order valence-electron chi connectivity index (χ0n) is 4.65. The minimum absolute atomic E-state index is 0.144. The van der Waals surface area contributed by atoms with Crippen molar-refractivity contribution >= 4 is 23.2 Å². The highest BCUT2D eigenvalue weighted by molar-refractivity contribution is 6.32. The fourth-order valence-electron chi connectivity index (χ4n) is 0.465. The van der Waals surface area contributed by atoms with E-state index in [2.05, 4.69) is 4.98 Å². The maximum absolute atomic E-state index is 10.6. The summed E-state index contributed by atoms with van der Waals surface area (Å²) in [6.07, 6.45) is 0. The molecule has 0 bridgehead atoms. The van der Waals surface area contributed by atoms with Gasteiger partial charge in [-0.05, 0) is 6.07 Å². The lowest BCUT2D eigenvalue weighted by Gasteiger charge is -2.05. The van der Waals surface area contributed by atoms with Crippen LogP contribution >= 0.6 is 23.2 Å². The van der Waals surface area contributed by atoms with Gasteiger partial charge in [0, 0.05) is 0 Å². The number of pyridine rings is 1. The molecule has 0 aromatic carbocycles. The number of rotatable bonds is 0. The van der Waals surface area contributed by atoms with E-state index >= 15 is 0 Å². The first-order valence-corrected chi connectivity index (χ1v) is 3.12. The molecule has 1 aromatic heterocycles. The first-order chi connectivity index (χ1) is 4.61. The summed E-state index contributed by atoms with van der Waals surface area (Å²) in [7, 11) is 0. The topological polar surface area (TPSA) is 55.9 Å². The molecule has 0 unspecified atom stereocenters. The maximum atomic E-state index is 10.6. The number of aromatic amines is 1. The molecule has 0 aliphatic heterocycles. The second-order valence-corrected chi connectivity index (χ2v) is 2.41. The summed E-state index contributed by atoms with van der Waals surface area (Å²) in [6.45, 7) is 0. The van der Waals surface area contributed by atoms with Crippen LogP contribution in [-0.4, -0.2) is 4.98 Å². The predicted molar refractivity (Wildman–Crippen MR) is 36.5 cm³/mol. The molecule has 0 aliphatic rings. The summed E-state index contributed by atoms with van der Waals surface area (Å²) in [5.41, 5.74) is -0.550. The van der Waals surface area contributed by atoms with Gasteiger partial charge in [0.15, 0.2) is 0 Å². The van der Waals surface area contributed by atoms with Gasteiger partial charge in [0.05, 0.1) is 0 Å². The SMILES string of the molecule is O=c1[nH]c(Cl)c([O-])cc1Cl. The molecular formula is C5H2Cl2NO2-. The molecule has 0 saturated heterocycles. The largest absolute Gasteiger partial charge is 0.870 e. The zero-order chi connectivity index (χ0) is 7.72. The van der Waals surface area contributed by atoms with E-state index in [-0.39, 0.29) is 10.2 Å². The van der Waals surface area contributed by atoms with Crippen LogP contribution in [0.1, 0.15) is 0 Å². The number of aromatic nitrogens is 1. The Labute approximate surface area is 66.2 Å². The van der Waals surface area contributed by atoms with Crippen LogP contribution in [0.3, 0.4) is 0 Å². The third-order valence-corrected chi connectivity index (χ3v) is 1.48. The van der Waals surface area contributed by atoms with E-state index in [1.165, 1.54) is 0 Å². The maximum Gasteiger partial charge on any atom is 0.267 e. The first-order valence-electron chi connectivity index (χ1n) is 2.36. The summed E-state index contributed by atoms with van der Waals surface area (Å²) in [5, 5.41) is 10.2. The Morgan fingerprint density at radius 1 is 1.50 bits per heavy atom. The summed E-state index contributed by atoms with van der Waals surface area (Å²) < 4.78 is 0. The van der Waals surface area contributed by atoms with Gasteiger partial charge in [-0.15, -0.1) is 0 Å². The van der Waals surface area contributed by atoms with Gasteiger partial charge in [0.1, 0.15) is 10.2 Å². The molecule has 0 aliphatic carbocycles. The Morgan fingerprint density at radius 3 is 2.60 bits per heavy atom. The lowest BCUT2D eigenvalue weighted by atomic mass is 10.5. The van der Waals surface area contributed by atoms with Crippen molar-refractivity contribution in [3.63, 3.8) is 0 Å². The van der Waals surface area contributed by atoms with Gasteiger partial charge in [-0.25, -0.2) is 0 Å². The normalized spacial score (nSPS) is 9.80. The third-order valence-electron chi connectivity index (χ3n) is 0.914. The van der Waals surface area contributed by atoms with E-state index in [0.29, 0.717) is 0 Å². The zero-order valence-corrected chi connectivity index (χ0v) is 6.16. The molecule has 0 amide bonds. The fourth-order valence-corrected chi connectivity index (χ4v) is 0.752. The van der Waals surface area contributed by atoms with Crippen LogP contribution in [0.25, 0.3) is 0 Å². The molecule has 1 aromatic rings. The predicted octanol–water partition coefficient (Wildman–Crippen LogP) is 0.755. The lowest BCUT2D eigenvalue weighted by Crippen LogP contribution is -2.08. The molecule has 10 heavy (non-hydrogen) atoms. The first kappa shape index (κ1) is 7.44. The average molecular weight is 179 g/mol. The fraction of sp³-hybridized carbons (Fsp3) is 0. The second kappa shape index (κ2) is 2.52. The molecular weight excluding hydrogens is 177 g/mol. The van der Waals surface area contributed by atoms with Gasteiger partial charge < -0.3 is 10.1 Å². The summed E-state index contributed by atoms with van der Waals surface area (Å²) in [5.74, 6) is -0.480. The number of H-pyrrole nitrogens is 1. The standard InChI is InChI=1S/C5H3Cl2NO2/c6-2-1-3(9)4(7)8-5(2)10/h1,9H,(H,8,10)/p-1. The van der Waals surface area contributed by atoms with Gasteiger partial charge in [0.2, 0.25) is 0 Å². The Balaban J connectivity index is 3.43. The second-order valence-electron chi connectivity index (χ2n) is 1.62. The van der Waals surface area contributed by atoms with Crippen LogP contribution in [0.2, 0.25) is 10.2 Å². The van der Waals surface area contributed by atoms with Gasteiger partial charge in [-0.3, -0.25) is 4.79 Å². The van der Waals surface area contributed by atoms with E-state index in [4.69, 9.17) is 23.2 Å². The molecule has 54 valence electrons. The van der Waals surface area contributed by atoms with Crippen molar-refractivity contribution in [1.29, 1.82) is 0 Å². The summed E-state index contributed by atoms with van der Waals surface area (Å²) in [4.78, 5) is 12.7. The van der Waals surface area contributed by atoms with E-state index in [1.54, 1.807) is 0 Å². The molecule has 5 heteroatoms. The Morgan fingerprint density at radius 2 is 2.10 bits per heavy atom. The molecule has 1 heterocycles. The number of nitrogens with one attached hydrogen (secondary N) is 1. The van der Waals surface area contributed by atoms with Crippen molar-refractivity contribution in [3.8, 4) is 5.75 Å². The highest BCUT2D eigenvalue weighted by atomic mass is 35.5. The van der Waals surface area contributed by atoms with Gasteiger partial charge in [-0.1, -0.05) is 29.0 Å². The Hall–Kier alpha value is -0.670. The van der Waals surface area contributed by atoms with Crippen molar-refractivity contribution in [2.24, 2.45) is 0 Å². The monoisotopic (exact) mass is 178 g/mol. The quantitative estimate of drug-likeness (QED) is 0.597. The van der Waals surface area contributed by atoms with Crippen molar-refractivity contribution in [3.05, 3.63) is 26.6 Å². The number of hydrogen-bond donors (Lipinski definition) is 1. The number of halogens is 2. The Kier molecular flexibility index (Phi) is 1.87. The van der Waals surface area contributed by atoms with Crippen molar-refractivity contribution in [2.45, 2.75) is 0 Å². The van der Waals surface area contributed by atoms with Crippen molar-refractivity contribution < 1.29 is 5.11 Å². The third kappa shape index (κ3) is 1.25. The van der Waals surface area contributed by atoms with Crippen LogP contribution in [0, 0.1) is 0 Å². The van der Waals surface area contributed by atoms with E-state index in [0.717, 1.165) is 6.07 Å². The molecule has 1 N–H and O–H groups in total. The highest BCUT2D eigenvalue weighted by Crippen LogP contribution is 2.16. The minimum Gasteiger partial charge on any atom is -0.870 e. The average Bonchev–Trinajstić information content (AvgIpc) is 1.84. The summed E-state index contributed by atoms with van der Waals surface area (Å²) in [6, 6.07) is 0.975. The van der Waals surface area contributed by atoms with Gasteiger partial charge in [0.25, 0.3) is 5.56 Å². The minimum atomic E-state index is -0.550. The molecule has 0 radical (unpaired) electrons. The van der Waals surface area contributed by atoms with Crippen LogP contribution in [0.4, 0.5) is 0 Å². The Bertz CT molecular complexity index is 307. The van der Waals surface area contributed by atoms with Crippen LogP contribution in [0.5, 0.6) is 5.75 Å². The molecule has 3 nitrogen and oxygen atoms in total. The van der Waals surface area contributed by atoms with Crippen molar-refractivity contribution in [1.82, 2.24) is 4.98 Å². The van der Waals surface area contributed by atoms with Crippen LogP contribution in [-0.2, 0) is 0 Å². The molecule has 0 fully saturated rings. The molecule has 1 rings (SSSR count).